The number of halogens is 3. The van der Waals surface area contributed by atoms with Crippen LogP contribution in [-0.2, 0) is 4.74 Å². The Bertz CT molecular complexity index is 995. The predicted molar refractivity (Wildman–Crippen MR) is 149 cm³/mol. The molecule has 2 amide bonds. The number of methoxy groups -OCH3 is 1. The molecule has 1 saturated heterocycles. The normalized spacial score (nSPS) is 20.3. The van der Waals surface area contributed by atoms with Crippen LogP contribution < -0.4 is 14.1 Å². The molecule has 2 aliphatic heterocycles. The van der Waals surface area contributed by atoms with Gasteiger partial charge in [0.25, 0.3) is 14.2 Å². The summed E-state index contributed by atoms with van der Waals surface area (Å²) in [6.07, 6.45) is -1.12. The van der Waals surface area contributed by atoms with Gasteiger partial charge in [0, 0.05) is 19.2 Å². The van der Waals surface area contributed by atoms with Crippen molar-refractivity contribution < 1.29 is 28.6 Å². The van der Waals surface area contributed by atoms with Gasteiger partial charge in [-0.15, -0.1) is 0 Å². The second-order valence-corrected chi connectivity index (χ2v) is 18.6. The first-order valence-electron chi connectivity index (χ1n) is 12.5. The van der Waals surface area contributed by atoms with Gasteiger partial charge in [-0.25, -0.2) is 4.79 Å². The predicted octanol–water partition coefficient (Wildman–Crippen LogP) is 6.15. The minimum Gasteiger partial charge on any atom is -0.540 e. The van der Waals surface area contributed by atoms with E-state index in [0.717, 1.165) is 0 Å². The number of anilines is 1. The molecule has 0 aliphatic carbocycles. The van der Waals surface area contributed by atoms with Crippen molar-refractivity contribution in [1.82, 2.24) is 4.90 Å². The van der Waals surface area contributed by atoms with Crippen LogP contribution in [0, 0.1) is 0 Å². The highest BCUT2D eigenvalue weighted by atomic mass is 35.6. The third-order valence-corrected chi connectivity index (χ3v) is 13.7. The molecule has 12 heteroatoms. The zero-order valence-corrected chi connectivity index (χ0v) is 25.7. The molecular formula is C25H37Cl3N2O6Si. The Kier molecular flexibility index (Phi) is 9.27. The Labute approximate surface area is 235 Å². The van der Waals surface area contributed by atoms with Crippen LogP contribution >= 0.6 is 34.8 Å². The number of carbonyl (C=O) groups excluding carboxylic acids is 2. The van der Waals surface area contributed by atoms with E-state index in [-0.39, 0.29) is 41.2 Å². The first-order valence-corrected chi connectivity index (χ1v) is 15.8. The average Bonchev–Trinajstić information content (AvgIpc) is 3.12. The summed E-state index contributed by atoms with van der Waals surface area (Å²) in [5, 5.41) is 10.3. The maximum Gasteiger partial charge on any atom is 0.414 e. The number of rotatable bonds is 7. The van der Waals surface area contributed by atoms with Crippen molar-refractivity contribution in [2.75, 3.05) is 31.7 Å². The van der Waals surface area contributed by atoms with E-state index in [9.17, 15) is 14.7 Å². The molecule has 0 unspecified atom stereocenters. The van der Waals surface area contributed by atoms with Crippen LogP contribution in [0.1, 0.15) is 58.3 Å². The van der Waals surface area contributed by atoms with E-state index >= 15 is 0 Å². The van der Waals surface area contributed by atoms with Gasteiger partial charge in [0.05, 0.1) is 30.5 Å². The molecule has 2 atom stereocenters. The average molecular weight is 596 g/mol. The van der Waals surface area contributed by atoms with Crippen molar-refractivity contribution in [3.8, 4) is 11.5 Å². The van der Waals surface area contributed by atoms with Crippen molar-refractivity contribution in [3.63, 3.8) is 0 Å². The molecule has 0 saturated carbocycles. The molecule has 0 spiro atoms. The topological polar surface area (TPSA) is 88.5 Å². The number of carbonyl (C=O) groups is 2. The summed E-state index contributed by atoms with van der Waals surface area (Å²) in [4.78, 5) is 29.9. The number of amides is 2. The molecule has 0 aromatic heterocycles. The fourth-order valence-corrected chi connectivity index (χ4v) is 11.3. The lowest BCUT2D eigenvalue weighted by molar-refractivity contribution is 0.0726. The van der Waals surface area contributed by atoms with Crippen LogP contribution in [0.5, 0.6) is 11.5 Å². The number of fused-ring (bicyclic) bond motifs is 2. The van der Waals surface area contributed by atoms with E-state index < -0.39 is 37.0 Å². The molecule has 3 rings (SSSR count). The minimum atomic E-state index is -2.41. The Morgan fingerprint density at radius 2 is 1.68 bits per heavy atom. The fraction of sp³-hybridized carbons (Fsp3) is 0.680. The number of aliphatic hydroxyl groups is 1. The second kappa shape index (κ2) is 11.4. The van der Waals surface area contributed by atoms with E-state index in [1.54, 1.807) is 17.0 Å². The molecule has 8 nitrogen and oxygen atoms in total. The second-order valence-electron chi connectivity index (χ2n) is 10.7. The molecule has 1 N–H and O–H groups in total. The molecular weight excluding hydrogens is 559 g/mol. The van der Waals surface area contributed by atoms with E-state index in [1.165, 1.54) is 12.0 Å². The van der Waals surface area contributed by atoms with Crippen LogP contribution in [0.2, 0.25) is 16.6 Å². The van der Waals surface area contributed by atoms with Crippen molar-refractivity contribution in [2.45, 2.75) is 80.5 Å². The van der Waals surface area contributed by atoms with Crippen molar-refractivity contribution >= 4 is 60.8 Å². The molecule has 1 aromatic carbocycles. The highest BCUT2D eigenvalue weighted by Crippen LogP contribution is 2.47. The largest absolute Gasteiger partial charge is 0.540 e. The van der Waals surface area contributed by atoms with Crippen LogP contribution in [0.4, 0.5) is 10.5 Å². The van der Waals surface area contributed by atoms with Gasteiger partial charge in [-0.1, -0.05) is 76.3 Å². The van der Waals surface area contributed by atoms with Gasteiger partial charge >= 0.3 is 6.09 Å². The third-order valence-electron chi connectivity index (χ3n) is 7.42. The summed E-state index contributed by atoms with van der Waals surface area (Å²) >= 11 is 17.4. The van der Waals surface area contributed by atoms with E-state index in [1.807, 2.05) is 0 Å². The SMILES string of the molecule is COc1cc2c(cc1O[Si](C(C)C)(C(C)C)C(C)C)N(C(=O)OCC(Cl)(Cl)Cl)C[C@@H]1C[C@@H](O)CN1C2=O. The van der Waals surface area contributed by atoms with Crippen LogP contribution in [0.3, 0.4) is 0 Å². The summed E-state index contributed by atoms with van der Waals surface area (Å²) in [6, 6.07) is 2.90. The van der Waals surface area contributed by atoms with Gasteiger partial charge in [-0.3, -0.25) is 9.69 Å². The smallest absolute Gasteiger partial charge is 0.414 e. The maximum atomic E-state index is 13.6. The number of ether oxygens (including phenoxy) is 2. The highest BCUT2D eigenvalue weighted by molar-refractivity contribution is 6.78. The summed E-state index contributed by atoms with van der Waals surface area (Å²) < 4.78 is 16.1. The summed E-state index contributed by atoms with van der Waals surface area (Å²) in [6.45, 7) is 12.9. The molecule has 0 radical (unpaired) electrons. The van der Waals surface area contributed by atoms with Crippen LogP contribution in [0.25, 0.3) is 0 Å². The number of alkyl halides is 3. The third kappa shape index (κ3) is 6.11. The van der Waals surface area contributed by atoms with Gasteiger partial charge < -0.3 is 23.9 Å². The number of benzene rings is 1. The van der Waals surface area contributed by atoms with Gasteiger partial charge in [0.2, 0.25) is 3.79 Å². The summed E-state index contributed by atoms with van der Waals surface area (Å²) in [5.41, 5.74) is 1.44. The Hall–Kier alpha value is -1.39. The number of aliphatic hydroxyl groups excluding tert-OH is 1. The zero-order valence-electron chi connectivity index (χ0n) is 22.4. The fourth-order valence-electron chi connectivity index (χ4n) is 5.90. The minimum absolute atomic E-state index is 0.112. The van der Waals surface area contributed by atoms with Crippen molar-refractivity contribution in [3.05, 3.63) is 17.7 Å². The lowest BCUT2D eigenvalue weighted by Crippen LogP contribution is -2.50. The lowest BCUT2D eigenvalue weighted by atomic mass is 10.1. The molecule has 1 aromatic rings. The molecule has 37 heavy (non-hydrogen) atoms. The maximum absolute atomic E-state index is 13.6. The van der Waals surface area contributed by atoms with Gasteiger partial charge in [-0.05, 0) is 29.1 Å². The Morgan fingerprint density at radius 1 is 1.08 bits per heavy atom. The monoisotopic (exact) mass is 594 g/mol. The standard InChI is InChI=1S/C25H37Cl3N2O6Si/c1-14(2)37(15(3)4,16(5)6)36-22-10-20-19(9-21(22)34-7)23(32)29-12-18(31)8-17(29)11-30(20)24(33)35-13-25(26,27)28/h9-10,14-18,31H,8,11-13H2,1-7H3/t17-,18+/m0/s1. The van der Waals surface area contributed by atoms with Gasteiger partial charge in [-0.2, -0.15) is 0 Å². The summed E-state index contributed by atoms with van der Waals surface area (Å²) in [7, 11) is -0.885. The molecule has 0 bridgehead atoms. The zero-order chi connectivity index (χ0) is 27.9. The van der Waals surface area contributed by atoms with E-state index in [2.05, 4.69) is 41.5 Å². The number of hydrogen-bond acceptors (Lipinski definition) is 6. The quantitative estimate of drug-likeness (QED) is 0.300. The Balaban J connectivity index is 2.16. The number of nitrogens with zero attached hydrogens (tertiary/aromatic N) is 2. The molecule has 2 aliphatic rings. The summed E-state index contributed by atoms with van der Waals surface area (Å²) in [5.74, 6) is 0.565. The first-order chi connectivity index (χ1) is 17.1. The van der Waals surface area contributed by atoms with Crippen molar-refractivity contribution in [1.29, 1.82) is 0 Å². The van der Waals surface area contributed by atoms with Crippen molar-refractivity contribution in [2.24, 2.45) is 0 Å². The molecule has 208 valence electrons. The van der Waals surface area contributed by atoms with Gasteiger partial charge in [0.1, 0.15) is 12.4 Å². The Morgan fingerprint density at radius 3 is 2.19 bits per heavy atom. The number of hydrogen-bond donors (Lipinski definition) is 1. The van der Waals surface area contributed by atoms with Gasteiger partial charge in [0.15, 0.2) is 5.75 Å². The van der Waals surface area contributed by atoms with Crippen LogP contribution in [-0.4, -0.2) is 73.1 Å². The molecule has 1 fully saturated rings. The van der Waals surface area contributed by atoms with Crippen LogP contribution in [0.15, 0.2) is 12.1 Å². The lowest BCUT2D eigenvalue weighted by Gasteiger charge is -2.42. The van der Waals surface area contributed by atoms with E-state index in [4.69, 9.17) is 48.7 Å². The van der Waals surface area contributed by atoms with E-state index in [0.29, 0.717) is 23.6 Å². The first kappa shape index (κ1) is 30.2. The highest BCUT2D eigenvalue weighted by Gasteiger charge is 2.48. The molecule has 2 heterocycles.